The highest BCUT2D eigenvalue weighted by Gasteiger charge is 2.26. The van der Waals surface area contributed by atoms with E-state index in [1.54, 1.807) is 13.2 Å². The van der Waals surface area contributed by atoms with E-state index in [1.165, 1.54) is 6.42 Å². The zero-order valence-electron chi connectivity index (χ0n) is 19.1. The molecule has 32 heavy (non-hydrogen) atoms. The summed E-state index contributed by atoms with van der Waals surface area (Å²) in [5.41, 5.74) is 0.996. The molecule has 2 aromatic carbocycles. The van der Waals surface area contributed by atoms with Crippen LogP contribution in [0.4, 0.5) is 0 Å². The van der Waals surface area contributed by atoms with Gasteiger partial charge in [-0.05, 0) is 66.8 Å². The Morgan fingerprint density at radius 3 is 2.50 bits per heavy atom. The van der Waals surface area contributed by atoms with Gasteiger partial charge < -0.3 is 14.5 Å². The number of likely N-dealkylation sites (tertiary alicyclic amines) is 1. The number of hydrogen-bond donors (Lipinski definition) is 0. The lowest BCUT2D eigenvalue weighted by atomic mass is 10.0. The Hall–Kier alpha value is -2.86. The van der Waals surface area contributed by atoms with Gasteiger partial charge in [0, 0.05) is 44.8 Å². The Morgan fingerprint density at radius 1 is 1.00 bits per heavy atom. The predicted octanol–water partition coefficient (Wildman–Crippen LogP) is 3.41. The normalized spacial score (nSPS) is 20.1. The second-order valence-corrected chi connectivity index (χ2v) is 8.84. The van der Waals surface area contributed by atoms with Crippen LogP contribution in [-0.4, -0.2) is 78.9 Å². The largest absolute Gasteiger partial charge is 0.497 e. The van der Waals surface area contributed by atoms with Gasteiger partial charge in [0.2, 0.25) is 11.8 Å². The number of amides is 2. The van der Waals surface area contributed by atoms with Crippen LogP contribution < -0.4 is 4.74 Å². The summed E-state index contributed by atoms with van der Waals surface area (Å²) >= 11 is 0. The van der Waals surface area contributed by atoms with Crippen molar-refractivity contribution in [2.45, 2.75) is 32.2 Å². The molecule has 0 saturated carbocycles. The first-order valence-corrected chi connectivity index (χ1v) is 11.6. The average molecular weight is 436 g/mol. The van der Waals surface area contributed by atoms with Crippen molar-refractivity contribution < 1.29 is 14.3 Å². The number of ether oxygens (including phenoxy) is 1. The van der Waals surface area contributed by atoms with E-state index in [1.807, 2.05) is 46.2 Å². The van der Waals surface area contributed by atoms with Gasteiger partial charge in [0.05, 0.1) is 13.7 Å². The molecule has 4 rings (SSSR count). The van der Waals surface area contributed by atoms with E-state index in [4.69, 9.17) is 4.74 Å². The zero-order chi connectivity index (χ0) is 22.5. The van der Waals surface area contributed by atoms with Crippen LogP contribution in [0, 0.1) is 0 Å². The van der Waals surface area contributed by atoms with Crippen LogP contribution in [0.25, 0.3) is 16.8 Å². The highest BCUT2D eigenvalue weighted by molar-refractivity contribution is 5.93. The zero-order valence-corrected chi connectivity index (χ0v) is 19.1. The topological polar surface area (TPSA) is 53.1 Å². The van der Waals surface area contributed by atoms with Gasteiger partial charge in [-0.3, -0.25) is 14.5 Å². The number of fused-ring (bicyclic) bond motifs is 1. The molecule has 170 valence electrons. The molecule has 1 atom stereocenters. The summed E-state index contributed by atoms with van der Waals surface area (Å²) in [4.78, 5) is 31.4. The number of carbonyl (C=O) groups is 2. The quantitative estimate of drug-likeness (QED) is 0.676. The minimum atomic E-state index is 0.0236. The van der Waals surface area contributed by atoms with E-state index in [-0.39, 0.29) is 11.8 Å². The molecule has 0 bridgehead atoms. The van der Waals surface area contributed by atoms with Gasteiger partial charge in [-0.1, -0.05) is 18.2 Å². The summed E-state index contributed by atoms with van der Waals surface area (Å²) in [5.74, 6) is 1.09. The Balaban J connectivity index is 1.28. The molecular formula is C26H33N3O3. The second kappa shape index (κ2) is 10.2. The van der Waals surface area contributed by atoms with E-state index in [2.05, 4.69) is 17.9 Å². The molecule has 0 N–H and O–H groups in total. The Bertz CT molecular complexity index is 995. The van der Waals surface area contributed by atoms with Crippen molar-refractivity contribution in [3.8, 4) is 5.75 Å². The SMILES string of the molecule is COc1ccc2cc(/C=C/C(=O)N3CCN(CC(=O)N4CCCC[C@H]4C)CC3)ccc2c1. The number of hydrogen-bond acceptors (Lipinski definition) is 4. The van der Waals surface area contributed by atoms with E-state index >= 15 is 0 Å². The lowest BCUT2D eigenvalue weighted by Gasteiger charge is -2.37. The van der Waals surface area contributed by atoms with Crippen LogP contribution in [0.2, 0.25) is 0 Å². The molecule has 2 aliphatic heterocycles. The van der Waals surface area contributed by atoms with Gasteiger partial charge in [-0.2, -0.15) is 0 Å². The highest BCUT2D eigenvalue weighted by atomic mass is 16.5. The summed E-state index contributed by atoms with van der Waals surface area (Å²) < 4.78 is 5.27. The molecule has 2 heterocycles. The van der Waals surface area contributed by atoms with Gasteiger partial charge in [0.1, 0.15) is 5.75 Å². The molecule has 0 spiro atoms. The summed E-state index contributed by atoms with van der Waals surface area (Å²) in [7, 11) is 1.66. The number of rotatable bonds is 5. The first-order chi connectivity index (χ1) is 15.5. The molecule has 0 aliphatic carbocycles. The molecule has 2 amide bonds. The predicted molar refractivity (Wildman–Crippen MR) is 128 cm³/mol. The number of benzene rings is 2. The third-order valence-corrected chi connectivity index (χ3v) is 6.66. The molecule has 0 unspecified atom stereocenters. The second-order valence-electron chi connectivity index (χ2n) is 8.84. The van der Waals surface area contributed by atoms with Crippen LogP contribution in [0.5, 0.6) is 5.75 Å². The number of carbonyl (C=O) groups excluding carboxylic acids is 2. The standard InChI is InChI=1S/C26H33N3O3/c1-20-5-3-4-12-29(20)26(31)19-27-13-15-28(16-14-27)25(30)11-7-21-6-8-23-18-24(32-2)10-9-22(23)17-21/h6-11,17-18,20H,3-5,12-16,19H2,1-2H3/b11-7+/t20-/m1/s1. The summed E-state index contributed by atoms with van der Waals surface area (Å²) in [6.45, 7) is 6.28. The van der Waals surface area contributed by atoms with Crippen LogP contribution >= 0.6 is 0 Å². The van der Waals surface area contributed by atoms with Gasteiger partial charge in [-0.25, -0.2) is 0 Å². The summed E-state index contributed by atoms with van der Waals surface area (Å²) in [5, 5.41) is 2.22. The number of piperidine rings is 1. The number of piperazine rings is 1. The van der Waals surface area contributed by atoms with Crippen LogP contribution in [0.15, 0.2) is 42.5 Å². The van der Waals surface area contributed by atoms with Crippen LogP contribution in [0.3, 0.4) is 0 Å². The van der Waals surface area contributed by atoms with E-state index in [0.717, 1.165) is 54.6 Å². The monoisotopic (exact) mass is 435 g/mol. The first-order valence-electron chi connectivity index (χ1n) is 11.6. The molecule has 2 saturated heterocycles. The van der Waals surface area contributed by atoms with Crippen molar-refractivity contribution in [2.75, 3.05) is 46.4 Å². The fourth-order valence-electron chi connectivity index (χ4n) is 4.62. The van der Waals surface area contributed by atoms with Gasteiger partial charge >= 0.3 is 0 Å². The molecule has 6 heteroatoms. The maximum absolute atomic E-state index is 12.7. The average Bonchev–Trinajstić information content (AvgIpc) is 2.82. The summed E-state index contributed by atoms with van der Waals surface area (Å²) in [6, 6.07) is 12.4. The molecule has 2 aromatic rings. The van der Waals surface area contributed by atoms with Gasteiger partial charge in [-0.15, -0.1) is 0 Å². The minimum absolute atomic E-state index is 0.0236. The van der Waals surface area contributed by atoms with Crippen molar-refractivity contribution in [1.82, 2.24) is 14.7 Å². The smallest absolute Gasteiger partial charge is 0.246 e. The van der Waals surface area contributed by atoms with Crippen molar-refractivity contribution in [1.29, 1.82) is 0 Å². The van der Waals surface area contributed by atoms with Crippen molar-refractivity contribution >= 4 is 28.7 Å². The number of methoxy groups -OCH3 is 1. The maximum Gasteiger partial charge on any atom is 0.246 e. The Labute approximate surface area is 190 Å². The highest BCUT2D eigenvalue weighted by Crippen LogP contribution is 2.22. The van der Waals surface area contributed by atoms with E-state index < -0.39 is 0 Å². The summed E-state index contributed by atoms with van der Waals surface area (Å²) in [6.07, 6.45) is 6.95. The molecule has 0 aromatic heterocycles. The molecule has 2 fully saturated rings. The molecule has 0 radical (unpaired) electrons. The lowest BCUT2D eigenvalue weighted by molar-refractivity contribution is -0.136. The minimum Gasteiger partial charge on any atom is -0.497 e. The van der Waals surface area contributed by atoms with Crippen molar-refractivity contribution in [3.05, 3.63) is 48.0 Å². The fraction of sp³-hybridized carbons (Fsp3) is 0.462. The molecule has 2 aliphatic rings. The van der Waals surface area contributed by atoms with E-state index in [0.29, 0.717) is 25.7 Å². The lowest BCUT2D eigenvalue weighted by Crippen LogP contribution is -2.52. The van der Waals surface area contributed by atoms with Gasteiger partial charge in [0.15, 0.2) is 0 Å². The maximum atomic E-state index is 12.7. The molecule has 6 nitrogen and oxygen atoms in total. The number of nitrogens with zero attached hydrogens (tertiary/aromatic N) is 3. The first kappa shape index (κ1) is 22.3. The van der Waals surface area contributed by atoms with Gasteiger partial charge in [0.25, 0.3) is 0 Å². The Morgan fingerprint density at radius 2 is 1.75 bits per heavy atom. The van der Waals surface area contributed by atoms with Crippen LogP contribution in [-0.2, 0) is 9.59 Å². The third-order valence-electron chi connectivity index (χ3n) is 6.66. The molecular weight excluding hydrogens is 402 g/mol. The van der Waals surface area contributed by atoms with Crippen molar-refractivity contribution in [2.24, 2.45) is 0 Å². The third kappa shape index (κ3) is 5.30. The van der Waals surface area contributed by atoms with Crippen molar-refractivity contribution in [3.63, 3.8) is 0 Å². The fourth-order valence-corrected chi connectivity index (χ4v) is 4.62. The van der Waals surface area contributed by atoms with E-state index in [9.17, 15) is 9.59 Å². The Kier molecular flexibility index (Phi) is 7.10. The van der Waals surface area contributed by atoms with Crippen LogP contribution in [0.1, 0.15) is 31.7 Å².